The Balaban J connectivity index is 1.41. The van der Waals surface area contributed by atoms with Crippen LogP contribution in [0.15, 0.2) is 77.9 Å². The van der Waals surface area contributed by atoms with Crippen LogP contribution >= 0.6 is 0 Å². The minimum Gasteiger partial charge on any atom is -0.508 e. The number of hydrogen-bond acceptors (Lipinski definition) is 6. The molecular formula is C25H22N4O4. The van der Waals surface area contributed by atoms with Gasteiger partial charge >= 0.3 is 5.69 Å². The Bertz CT molecular complexity index is 1320. The van der Waals surface area contributed by atoms with Crippen LogP contribution in [0, 0.1) is 6.92 Å². The fraction of sp³-hybridized carbons (Fsp3) is 0.120. The molecule has 33 heavy (non-hydrogen) atoms. The molecule has 2 heterocycles. The first kappa shape index (κ1) is 21.8. The van der Waals surface area contributed by atoms with Gasteiger partial charge in [-0.2, -0.15) is 4.98 Å². The number of ether oxygens (including phenoxy) is 1. The number of carbonyl (C=O) groups excluding carboxylic acids is 1. The number of aromatic amines is 1. The lowest BCUT2D eigenvalue weighted by molar-refractivity contribution is -0.123. The maximum Gasteiger partial charge on any atom is 0.345 e. The van der Waals surface area contributed by atoms with Crippen molar-refractivity contribution in [2.24, 2.45) is 0 Å². The quantitative estimate of drug-likeness (QED) is 0.405. The zero-order valence-corrected chi connectivity index (χ0v) is 17.9. The summed E-state index contributed by atoms with van der Waals surface area (Å²) in [6.07, 6.45) is 3.34. The van der Waals surface area contributed by atoms with Crippen LogP contribution in [0.5, 0.6) is 11.5 Å². The Hall–Kier alpha value is -4.46. The average molecular weight is 442 g/mol. The van der Waals surface area contributed by atoms with Crippen LogP contribution in [-0.2, 0) is 11.3 Å². The number of aromatic nitrogens is 3. The third-order valence-electron chi connectivity index (χ3n) is 5.01. The molecule has 0 saturated carbocycles. The Morgan fingerprint density at radius 2 is 1.76 bits per heavy atom. The number of pyridine rings is 1. The van der Waals surface area contributed by atoms with Gasteiger partial charge in [0, 0.05) is 24.5 Å². The van der Waals surface area contributed by atoms with E-state index in [1.165, 1.54) is 0 Å². The van der Waals surface area contributed by atoms with Gasteiger partial charge in [-0.25, -0.2) is 4.79 Å². The highest BCUT2D eigenvalue weighted by Gasteiger charge is 2.09. The number of hydrogen-bond donors (Lipinski definition) is 3. The van der Waals surface area contributed by atoms with Crippen molar-refractivity contribution in [1.29, 1.82) is 0 Å². The van der Waals surface area contributed by atoms with E-state index in [1.807, 2.05) is 12.1 Å². The standard InChI is InChI=1S/C25H22N4O4/c1-16-12-19(4-7-23(16)30)22-13-21(28-25(32)29-22)18-2-5-20(6-3-18)33-15-24(31)27-14-17-8-10-26-11-9-17/h2-13,30H,14-15H2,1H3,(H,27,31)(H,28,29,32). The predicted octanol–water partition coefficient (Wildman–Crippen LogP) is 3.21. The lowest BCUT2D eigenvalue weighted by atomic mass is 10.1. The fourth-order valence-corrected chi connectivity index (χ4v) is 3.21. The van der Waals surface area contributed by atoms with Gasteiger partial charge in [0.2, 0.25) is 0 Å². The van der Waals surface area contributed by atoms with Crippen molar-refractivity contribution in [3.8, 4) is 34.0 Å². The normalized spacial score (nSPS) is 10.6. The molecule has 3 N–H and O–H groups in total. The highest BCUT2D eigenvalue weighted by molar-refractivity contribution is 5.77. The van der Waals surface area contributed by atoms with Crippen LogP contribution in [0.1, 0.15) is 11.1 Å². The first-order valence-electron chi connectivity index (χ1n) is 10.3. The molecule has 1 amide bonds. The van der Waals surface area contributed by atoms with Crippen molar-refractivity contribution in [2.75, 3.05) is 6.61 Å². The molecule has 0 spiro atoms. The van der Waals surface area contributed by atoms with Crippen molar-refractivity contribution in [1.82, 2.24) is 20.3 Å². The molecule has 0 unspecified atom stereocenters. The number of nitrogens with zero attached hydrogens (tertiary/aromatic N) is 2. The van der Waals surface area contributed by atoms with Crippen LogP contribution in [-0.4, -0.2) is 32.6 Å². The van der Waals surface area contributed by atoms with Crippen molar-refractivity contribution in [3.05, 3.63) is 94.7 Å². The Morgan fingerprint density at radius 1 is 1.03 bits per heavy atom. The van der Waals surface area contributed by atoms with Crippen molar-refractivity contribution in [2.45, 2.75) is 13.5 Å². The minimum absolute atomic E-state index is 0.110. The molecule has 0 bridgehead atoms. The second-order valence-electron chi connectivity index (χ2n) is 7.43. The SMILES string of the molecule is Cc1cc(-c2cc(-c3ccc(OCC(=O)NCc4ccncc4)cc3)[nH]c(=O)n2)ccc1O. The van der Waals surface area contributed by atoms with Gasteiger partial charge in [0.1, 0.15) is 11.5 Å². The number of aryl methyl sites for hydroxylation is 1. The van der Waals surface area contributed by atoms with Gasteiger partial charge in [-0.05, 0) is 84.3 Å². The number of aromatic hydroxyl groups is 1. The summed E-state index contributed by atoms with van der Waals surface area (Å²) in [6, 6.07) is 17.5. The fourth-order valence-electron chi connectivity index (χ4n) is 3.21. The average Bonchev–Trinajstić information content (AvgIpc) is 2.83. The third-order valence-corrected chi connectivity index (χ3v) is 5.01. The molecule has 0 aliphatic rings. The van der Waals surface area contributed by atoms with E-state index in [0.717, 1.165) is 16.7 Å². The summed E-state index contributed by atoms with van der Waals surface area (Å²) in [5.41, 5.74) is 3.77. The predicted molar refractivity (Wildman–Crippen MR) is 124 cm³/mol. The number of rotatable bonds is 7. The number of phenolic OH excluding ortho intramolecular Hbond substituents is 1. The second-order valence-corrected chi connectivity index (χ2v) is 7.43. The summed E-state index contributed by atoms with van der Waals surface area (Å²) in [6.45, 7) is 2.08. The molecule has 0 aliphatic carbocycles. The topological polar surface area (TPSA) is 117 Å². The van der Waals surface area contributed by atoms with Crippen molar-refractivity contribution < 1.29 is 14.6 Å². The van der Waals surface area contributed by atoms with Gasteiger partial charge in [0.15, 0.2) is 6.61 Å². The summed E-state index contributed by atoms with van der Waals surface area (Å²) in [7, 11) is 0. The summed E-state index contributed by atoms with van der Waals surface area (Å²) < 4.78 is 5.56. The van der Waals surface area contributed by atoms with Gasteiger partial charge in [-0.3, -0.25) is 9.78 Å². The van der Waals surface area contributed by atoms with Gasteiger partial charge in [-0.1, -0.05) is 0 Å². The highest BCUT2D eigenvalue weighted by Crippen LogP contribution is 2.26. The number of nitrogens with one attached hydrogen (secondary N) is 2. The Morgan fingerprint density at radius 3 is 2.48 bits per heavy atom. The van der Waals surface area contributed by atoms with Gasteiger partial charge in [-0.15, -0.1) is 0 Å². The zero-order valence-electron chi connectivity index (χ0n) is 17.9. The lowest BCUT2D eigenvalue weighted by Crippen LogP contribution is -2.28. The second kappa shape index (κ2) is 9.78. The number of benzene rings is 2. The Labute approximate surface area is 190 Å². The van der Waals surface area contributed by atoms with Crippen LogP contribution in [0.3, 0.4) is 0 Å². The molecule has 166 valence electrons. The summed E-state index contributed by atoms with van der Waals surface area (Å²) >= 11 is 0. The monoisotopic (exact) mass is 442 g/mol. The maximum atomic E-state index is 12.1. The van der Waals surface area contributed by atoms with E-state index in [1.54, 1.807) is 67.8 Å². The lowest BCUT2D eigenvalue weighted by Gasteiger charge is -2.09. The molecule has 8 heteroatoms. The molecule has 0 aliphatic heterocycles. The van der Waals surface area contributed by atoms with E-state index in [0.29, 0.717) is 29.2 Å². The van der Waals surface area contributed by atoms with E-state index >= 15 is 0 Å². The van der Waals surface area contributed by atoms with Crippen LogP contribution < -0.4 is 15.7 Å². The molecule has 0 fully saturated rings. The smallest absolute Gasteiger partial charge is 0.345 e. The van der Waals surface area contributed by atoms with Crippen LogP contribution in [0.2, 0.25) is 0 Å². The zero-order chi connectivity index (χ0) is 23.2. The molecule has 8 nitrogen and oxygen atoms in total. The highest BCUT2D eigenvalue weighted by atomic mass is 16.5. The maximum absolute atomic E-state index is 12.1. The molecular weight excluding hydrogens is 420 g/mol. The molecule has 0 atom stereocenters. The largest absolute Gasteiger partial charge is 0.508 e. The van der Waals surface area contributed by atoms with Gasteiger partial charge < -0.3 is 20.1 Å². The van der Waals surface area contributed by atoms with Gasteiger partial charge in [0.25, 0.3) is 5.91 Å². The number of amides is 1. The number of phenols is 1. The number of carbonyl (C=O) groups is 1. The molecule has 2 aromatic heterocycles. The van der Waals surface area contributed by atoms with E-state index in [-0.39, 0.29) is 18.3 Å². The summed E-state index contributed by atoms with van der Waals surface area (Å²) in [5, 5.41) is 12.5. The summed E-state index contributed by atoms with van der Waals surface area (Å²) in [5.74, 6) is 0.484. The molecule has 0 radical (unpaired) electrons. The third kappa shape index (κ3) is 5.62. The minimum atomic E-state index is -0.473. The van der Waals surface area contributed by atoms with E-state index in [2.05, 4.69) is 20.3 Å². The molecule has 2 aromatic carbocycles. The number of H-pyrrole nitrogens is 1. The van der Waals surface area contributed by atoms with E-state index < -0.39 is 5.69 Å². The van der Waals surface area contributed by atoms with Gasteiger partial charge in [0.05, 0.1) is 11.4 Å². The first-order valence-corrected chi connectivity index (χ1v) is 10.3. The Kier molecular flexibility index (Phi) is 6.45. The molecule has 4 aromatic rings. The first-order chi connectivity index (χ1) is 16.0. The van der Waals surface area contributed by atoms with Crippen molar-refractivity contribution >= 4 is 5.91 Å². The molecule has 4 rings (SSSR count). The van der Waals surface area contributed by atoms with E-state index in [9.17, 15) is 14.7 Å². The van der Waals surface area contributed by atoms with Crippen LogP contribution in [0.4, 0.5) is 0 Å². The van der Waals surface area contributed by atoms with Crippen LogP contribution in [0.25, 0.3) is 22.5 Å². The van der Waals surface area contributed by atoms with E-state index in [4.69, 9.17) is 4.74 Å². The van der Waals surface area contributed by atoms with Crippen molar-refractivity contribution in [3.63, 3.8) is 0 Å². The molecule has 0 saturated heterocycles. The summed E-state index contributed by atoms with van der Waals surface area (Å²) in [4.78, 5) is 34.9.